The summed E-state index contributed by atoms with van der Waals surface area (Å²) in [4.78, 5) is 10.7. The topological polar surface area (TPSA) is 577 Å². The van der Waals surface area contributed by atoms with E-state index in [1.807, 2.05) is 55.4 Å². The minimum absolute atomic E-state index is 0.0259. The molecule has 6 aliphatic rings. The van der Waals surface area contributed by atoms with Gasteiger partial charge in [0.1, 0.15) is 159 Å². The molecular formula is C75H147N6O37S-. The van der Waals surface area contributed by atoms with Crippen LogP contribution in [0.5, 0.6) is 0 Å². The summed E-state index contributed by atoms with van der Waals surface area (Å²) < 4.78 is 139. The van der Waals surface area contributed by atoms with E-state index in [2.05, 4.69) is 52.2 Å². The third kappa shape index (κ3) is 32.8. The summed E-state index contributed by atoms with van der Waals surface area (Å²) >= 11 is 0. The molecule has 6 heterocycles. The number of hydrogen-bond acceptors (Lipinski definition) is 42. The normalized spacial score (nSPS) is 36.0. The summed E-state index contributed by atoms with van der Waals surface area (Å²) in [5.74, 6) is 0. The van der Waals surface area contributed by atoms with Gasteiger partial charge in [0, 0.05) is 43.1 Å². The van der Waals surface area contributed by atoms with E-state index in [1.54, 1.807) is 0 Å². The molecule has 6 aliphatic heterocycles. The van der Waals surface area contributed by atoms with Crippen molar-refractivity contribution in [2.45, 2.75) is 273 Å². The van der Waals surface area contributed by atoms with Gasteiger partial charge >= 0.3 is 0 Å². The highest BCUT2D eigenvalue weighted by Gasteiger charge is 2.55. The highest BCUT2D eigenvalue weighted by atomic mass is 32.3. The molecule has 0 bridgehead atoms. The first-order valence-corrected chi connectivity index (χ1v) is 43.6. The lowest BCUT2D eigenvalue weighted by molar-refractivity contribution is -0.924. The largest absolute Gasteiger partial charge is 0.759 e. The fourth-order valence-electron chi connectivity index (χ4n) is 15.1. The van der Waals surface area contributed by atoms with Gasteiger partial charge in [0.2, 0.25) is 0 Å². The molecule has 6 saturated heterocycles. The second-order valence-electron chi connectivity index (χ2n) is 30.3. The van der Waals surface area contributed by atoms with Crippen LogP contribution in [0.2, 0.25) is 0 Å². The molecular weight excluding hydrogens is 1610 g/mol. The van der Waals surface area contributed by atoms with Gasteiger partial charge in [0.05, 0.1) is 106 Å². The first kappa shape index (κ1) is 108. The lowest BCUT2D eigenvalue weighted by Crippen LogP contribution is -2.64. The minimum atomic E-state index is -5.17. The molecule has 706 valence electrons. The van der Waals surface area contributed by atoms with Gasteiger partial charge in [-0.05, 0) is 79.3 Å². The number of nitrogens with zero attached hydrogens (tertiary/aromatic N) is 6. The van der Waals surface area contributed by atoms with E-state index in [4.69, 9.17) is 98.0 Å². The van der Waals surface area contributed by atoms with Crippen molar-refractivity contribution in [3.05, 3.63) is 0 Å². The van der Waals surface area contributed by atoms with Crippen LogP contribution in [-0.2, 0) is 90.9 Å². The zero-order valence-electron chi connectivity index (χ0n) is 71.3. The fourth-order valence-corrected chi connectivity index (χ4v) is 15.1. The average Bonchev–Trinajstić information content (AvgIpc) is 0.791. The lowest BCUT2D eigenvalue weighted by atomic mass is 9.97. The average molecular weight is 1760 g/mol. The Bertz CT molecular complexity index is 2740. The molecule has 119 heavy (non-hydrogen) atoms. The molecule has 31 atom stereocenters. The molecule has 0 amide bonds. The van der Waals surface area contributed by atoms with Gasteiger partial charge < -0.3 is 195 Å². The first-order chi connectivity index (χ1) is 56.7. The zero-order chi connectivity index (χ0) is 88.4. The van der Waals surface area contributed by atoms with Crippen LogP contribution in [0.3, 0.4) is 0 Å². The summed E-state index contributed by atoms with van der Waals surface area (Å²) in [5, 5.41) is 181. The Balaban J connectivity index is 0.00000489. The third-order valence-electron chi connectivity index (χ3n) is 23.3. The highest BCUT2D eigenvalue weighted by Crippen LogP contribution is 2.35. The Hall–Kier alpha value is -1.69. The van der Waals surface area contributed by atoms with Gasteiger partial charge in [-0.2, -0.15) is 0 Å². The van der Waals surface area contributed by atoms with E-state index >= 15 is 0 Å². The Morgan fingerprint density at radius 3 is 1.06 bits per heavy atom. The van der Waals surface area contributed by atoms with Gasteiger partial charge in [-0.25, -0.2) is 0 Å². The smallest absolute Gasteiger partial charge is 0.187 e. The Morgan fingerprint density at radius 1 is 0.311 bits per heavy atom. The van der Waals surface area contributed by atoms with Crippen LogP contribution in [0.25, 0.3) is 0 Å². The number of aliphatic hydroxyl groups is 16. The van der Waals surface area contributed by atoms with Crippen molar-refractivity contribution in [1.29, 1.82) is 0 Å². The van der Waals surface area contributed by atoms with Crippen LogP contribution in [0.1, 0.15) is 83.1 Å². The maximum absolute atomic E-state index is 12.6. The van der Waals surface area contributed by atoms with Gasteiger partial charge in [-0.3, -0.25) is 13.3 Å². The van der Waals surface area contributed by atoms with Crippen molar-refractivity contribution >= 4 is 10.4 Å². The van der Waals surface area contributed by atoms with E-state index < -0.39 is 254 Å². The van der Waals surface area contributed by atoms with E-state index in [0.717, 1.165) is 52.4 Å². The summed E-state index contributed by atoms with van der Waals surface area (Å²) in [6.07, 6.45) is -48.8. The quantitative estimate of drug-likeness (QED) is 0.0153. The van der Waals surface area contributed by atoms with Crippen LogP contribution < -0.4 is 0 Å². The Labute approximate surface area is 700 Å². The minimum Gasteiger partial charge on any atom is -0.759 e. The standard InChI is InChI=1S/C75H147N6O33.H2O4S/c1-13-76(14-2)25-30-81(23-11,24-12)31-36-102-68-55(88)52(85)46(37-82)111-74(68)107-41-48-53(86)54(87)59(92)72(113-48)105-42-49-64(56(89)58(91)70(96)109-49)103-39-45(84)40-104-66-50(110-71(97)67(61(66)94)100-34-28-79(19-7)20-8)43-108-75-69(101-35-29-80(21-9)22-10)62(95)65(99-33-27-78(17-5)18-6)51(114-75)44-106-73-60(93)57(90)63(47(38-83)112-73)98-32-26-77(15-3)16-4;1-5(2,3)4/h45-75,82-97H,13-44H2,1-12H3;(H2,1,2,3,4)/q+1;/p-2/t45?,46-,47-,48-,49-,50-,51-,52-,53-,54+,55+,56-,57-,58-,59-,60-,61+,62+,63-,64-,65-,66-,67-,68-,69-,70+,71+,72+,73+,74+,75+;/m1./s1. The molecule has 1 unspecified atom stereocenters. The van der Waals surface area contributed by atoms with Crippen LogP contribution >= 0.6 is 0 Å². The lowest BCUT2D eigenvalue weighted by Gasteiger charge is -2.46. The maximum atomic E-state index is 12.6. The van der Waals surface area contributed by atoms with Crippen molar-refractivity contribution in [3.8, 4) is 0 Å². The molecule has 6 fully saturated rings. The van der Waals surface area contributed by atoms with Gasteiger partial charge in [-0.1, -0.05) is 69.2 Å². The van der Waals surface area contributed by atoms with Crippen molar-refractivity contribution in [2.75, 3.05) is 210 Å². The summed E-state index contributed by atoms with van der Waals surface area (Å²) in [6.45, 7) is 32.6. The number of ether oxygens (including phenoxy) is 17. The molecule has 43 nitrogen and oxygen atoms in total. The van der Waals surface area contributed by atoms with Crippen molar-refractivity contribution < 1.29 is 184 Å². The molecule has 0 aromatic heterocycles. The summed E-state index contributed by atoms with van der Waals surface area (Å²) in [6, 6.07) is 0. The number of hydrogen-bond donors (Lipinski definition) is 16. The molecule has 44 heteroatoms. The van der Waals surface area contributed by atoms with Crippen LogP contribution in [0.15, 0.2) is 0 Å². The zero-order valence-corrected chi connectivity index (χ0v) is 72.2. The SMILES string of the molecule is CCN(CC)CCO[C@@H]1[C@@H](O)[C@H](OCC(O)CO[C@H]2[C@H](O)[C@@H](O)[C@@H](O)O[C@@H]2CO[C@H]2O[C@H](CO[C@H]3O[C@H](CO)[C@@H](O)[C@H](O)[C@H]3OCC[N+](CC)(CC)CCN(CC)CC)[C@@H](O)[C@H](O)[C@H]2O)[C@@H](CO[C@H]2O[C@H](CO[C@H]3O[C@H](CO)[C@@H](OCCN(CC)CC)[C@H](O)[C@H]3O)[C@@H](OCCN(CC)CC)[C@H](O)[C@H]2OCCN(CC)CC)O[C@@H]1O.O=S(=O)([O-])[O-]. The molecule has 0 aromatic carbocycles. The third-order valence-corrected chi connectivity index (χ3v) is 23.3. The van der Waals surface area contributed by atoms with Gasteiger partial charge in [0.25, 0.3) is 0 Å². The summed E-state index contributed by atoms with van der Waals surface area (Å²) in [7, 11) is -5.17. The monoisotopic (exact) mass is 1760 g/mol. The van der Waals surface area contributed by atoms with Gasteiger partial charge in [-0.15, -0.1) is 0 Å². The molecule has 16 N–H and O–H groups in total. The molecule has 0 radical (unpaired) electrons. The number of rotatable bonds is 55. The maximum Gasteiger partial charge on any atom is 0.187 e. The predicted molar refractivity (Wildman–Crippen MR) is 415 cm³/mol. The summed E-state index contributed by atoms with van der Waals surface area (Å²) in [5.41, 5.74) is 0. The molecule has 0 spiro atoms. The molecule has 0 aliphatic carbocycles. The molecule has 0 aromatic rings. The van der Waals surface area contributed by atoms with E-state index in [9.17, 15) is 81.7 Å². The number of aliphatic hydroxyl groups excluding tert-OH is 16. The van der Waals surface area contributed by atoms with Crippen LogP contribution in [0.4, 0.5) is 0 Å². The second-order valence-corrected chi connectivity index (χ2v) is 31.1. The Morgan fingerprint density at radius 2 is 0.613 bits per heavy atom. The molecule has 0 saturated carbocycles. The highest BCUT2D eigenvalue weighted by molar-refractivity contribution is 7.79. The molecule has 6 rings (SSSR count). The van der Waals surface area contributed by atoms with E-state index in [0.29, 0.717) is 76.5 Å². The predicted octanol–water partition coefficient (Wildman–Crippen LogP) is -8.37. The second kappa shape index (κ2) is 55.2. The van der Waals surface area contributed by atoms with Crippen molar-refractivity contribution in [3.63, 3.8) is 0 Å². The van der Waals surface area contributed by atoms with Crippen LogP contribution in [0, 0.1) is 0 Å². The first-order valence-electron chi connectivity index (χ1n) is 42.3. The van der Waals surface area contributed by atoms with Crippen LogP contribution in [-0.4, -0.2) is 529 Å². The van der Waals surface area contributed by atoms with E-state index in [1.165, 1.54) is 0 Å². The number of quaternary nitrogens is 1. The number of likely N-dealkylation sites (N-methyl/N-ethyl adjacent to an activating group) is 6. The Kier molecular flexibility index (Phi) is 50.1. The fraction of sp³-hybridized carbons (Fsp3) is 1.00. The van der Waals surface area contributed by atoms with Crippen molar-refractivity contribution in [1.82, 2.24) is 24.5 Å². The van der Waals surface area contributed by atoms with Gasteiger partial charge in [0.15, 0.2) is 37.7 Å². The van der Waals surface area contributed by atoms with Crippen molar-refractivity contribution in [2.24, 2.45) is 0 Å². The van der Waals surface area contributed by atoms with E-state index in [-0.39, 0.29) is 33.0 Å².